The Labute approximate surface area is 126 Å². The Hall–Kier alpha value is -1.91. The molecule has 0 aliphatic heterocycles. The summed E-state index contributed by atoms with van der Waals surface area (Å²) in [5.74, 6) is 2.14. The molecule has 1 aromatic rings. The molecule has 1 fully saturated rings. The topological polar surface area (TPSA) is 59.6 Å². The van der Waals surface area contributed by atoms with E-state index in [0.29, 0.717) is 24.9 Å². The quantitative estimate of drug-likeness (QED) is 0.734. The molecular weight excluding hydrogens is 268 g/mol. The molecule has 5 heteroatoms. The van der Waals surface area contributed by atoms with Crippen LogP contribution in [0.15, 0.2) is 18.2 Å². The van der Waals surface area contributed by atoms with Gasteiger partial charge in [0.25, 0.3) is 0 Å². The fourth-order valence-corrected chi connectivity index (χ4v) is 1.99. The van der Waals surface area contributed by atoms with Gasteiger partial charge in [-0.2, -0.15) is 0 Å². The smallest absolute Gasteiger partial charge is 0.239 e. The SMILES string of the molecule is CCOc1ccc(NCC(=O)NCC2CC2)cc1OCC. The highest BCUT2D eigenvalue weighted by Gasteiger charge is 2.21. The van der Waals surface area contributed by atoms with Crippen LogP contribution in [0, 0.1) is 5.92 Å². The zero-order chi connectivity index (χ0) is 15.1. The predicted molar refractivity (Wildman–Crippen MR) is 83.0 cm³/mol. The van der Waals surface area contributed by atoms with Crippen LogP contribution in [-0.2, 0) is 4.79 Å². The lowest BCUT2D eigenvalue weighted by atomic mass is 10.2. The Morgan fingerprint density at radius 2 is 1.90 bits per heavy atom. The largest absolute Gasteiger partial charge is 0.490 e. The summed E-state index contributed by atoms with van der Waals surface area (Å²) in [7, 11) is 0. The number of rotatable bonds is 9. The van der Waals surface area contributed by atoms with Crippen LogP contribution in [0.4, 0.5) is 5.69 Å². The Morgan fingerprint density at radius 3 is 2.57 bits per heavy atom. The zero-order valence-electron chi connectivity index (χ0n) is 12.8. The van der Waals surface area contributed by atoms with Crippen molar-refractivity contribution in [2.75, 3.05) is 31.6 Å². The van der Waals surface area contributed by atoms with Crippen LogP contribution in [0.1, 0.15) is 26.7 Å². The lowest BCUT2D eigenvalue weighted by molar-refractivity contribution is -0.119. The second-order valence-electron chi connectivity index (χ2n) is 5.13. The Morgan fingerprint density at radius 1 is 1.19 bits per heavy atom. The summed E-state index contributed by atoms with van der Waals surface area (Å²) in [5.41, 5.74) is 0.850. The van der Waals surface area contributed by atoms with E-state index in [2.05, 4.69) is 10.6 Å². The van der Waals surface area contributed by atoms with Gasteiger partial charge in [-0.15, -0.1) is 0 Å². The summed E-state index contributed by atoms with van der Waals surface area (Å²) in [6.07, 6.45) is 2.48. The molecular formula is C16H24N2O3. The molecule has 116 valence electrons. The van der Waals surface area contributed by atoms with Gasteiger partial charge in [0, 0.05) is 18.3 Å². The number of anilines is 1. The molecule has 0 aromatic heterocycles. The van der Waals surface area contributed by atoms with Crippen LogP contribution in [0.3, 0.4) is 0 Å². The molecule has 2 rings (SSSR count). The van der Waals surface area contributed by atoms with Crippen LogP contribution < -0.4 is 20.1 Å². The molecule has 1 amide bonds. The highest BCUT2D eigenvalue weighted by Crippen LogP contribution is 2.30. The third kappa shape index (κ3) is 5.17. The van der Waals surface area contributed by atoms with Crippen molar-refractivity contribution in [3.05, 3.63) is 18.2 Å². The third-order valence-electron chi connectivity index (χ3n) is 3.28. The van der Waals surface area contributed by atoms with Gasteiger partial charge in [0.05, 0.1) is 19.8 Å². The first kappa shape index (κ1) is 15.5. The van der Waals surface area contributed by atoms with Gasteiger partial charge in [-0.1, -0.05) is 0 Å². The lowest BCUT2D eigenvalue weighted by Gasteiger charge is -2.13. The third-order valence-corrected chi connectivity index (χ3v) is 3.28. The highest BCUT2D eigenvalue weighted by molar-refractivity contribution is 5.80. The summed E-state index contributed by atoms with van der Waals surface area (Å²) < 4.78 is 11.1. The molecule has 0 atom stereocenters. The van der Waals surface area contributed by atoms with Crippen LogP contribution in [0.25, 0.3) is 0 Å². The molecule has 1 aromatic carbocycles. The summed E-state index contributed by atoms with van der Waals surface area (Å²) in [5, 5.41) is 6.04. The number of amides is 1. The fourth-order valence-electron chi connectivity index (χ4n) is 1.99. The number of hydrogen-bond acceptors (Lipinski definition) is 4. The normalized spacial score (nSPS) is 13.6. The zero-order valence-corrected chi connectivity index (χ0v) is 12.8. The maximum Gasteiger partial charge on any atom is 0.239 e. The summed E-state index contributed by atoms with van der Waals surface area (Å²) in [6, 6.07) is 5.61. The van der Waals surface area contributed by atoms with Crippen LogP contribution in [-0.4, -0.2) is 32.2 Å². The van der Waals surface area contributed by atoms with E-state index < -0.39 is 0 Å². The molecule has 1 saturated carbocycles. The summed E-state index contributed by atoms with van der Waals surface area (Å²) in [6.45, 7) is 6.11. The van der Waals surface area contributed by atoms with Crippen molar-refractivity contribution in [3.8, 4) is 11.5 Å². The molecule has 0 saturated heterocycles. The molecule has 0 spiro atoms. The monoisotopic (exact) mass is 292 g/mol. The van der Waals surface area contributed by atoms with Gasteiger partial charge in [-0.05, 0) is 44.7 Å². The van der Waals surface area contributed by atoms with E-state index in [-0.39, 0.29) is 12.5 Å². The van der Waals surface area contributed by atoms with Crippen LogP contribution >= 0.6 is 0 Å². The van der Waals surface area contributed by atoms with Gasteiger partial charge in [-0.25, -0.2) is 0 Å². The van der Waals surface area contributed by atoms with E-state index in [1.165, 1.54) is 12.8 Å². The van der Waals surface area contributed by atoms with Gasteiger partial charge < -0.3 is 20.1 Å². The number of ether oxygens (including phenoxy) is 2. The Balaban J connectivity index is 1.86. The van der Waals surface area contributed by atoms with Gasteiger partial charge in [0.1, 0.15) is 0 Å². The predicted octanol–water partition coefficient (Wildman–Crippen LogP) is 2.42. The summed E-state index contributed by atoms with van der Waals surface area (Å²) in [4.78, 5) is 11.7. The van der Waals surface area contributed by atoms with Crippen molar-refractivity contribution >= 4 is 11.6 Å². The molecule has 1 aliphatic rings. The van der Waals surface area contributed by atoms with E-state index in [1.807, 2.05) is 32.0 Å². The van der Waals surface area contributed by atoms with Crippen molar-refractivity contribution in [2.24, 2.45) is 5.92 Å². The van der Waals surface area contributed by atoms with E-state index >= 15 is 0 Å². The van der Waals surface area contributed by atoms with Crippen molar-refractivity contribution in [2.45, 2.75) is 26.7 Å². The highest BCUT2D eigenvalue weighted by atomic mass is 16.5. The van der Waals surface area contributed by atoms with Crippen LogP contribution in [0.5, 0.6) is 11.5 Å². The maximum atomic E-state index is 11.7. The molecule has 0 unspecified atom stereocenters. The number of carbonyl (C=O) groups excluding carboxylic acids is 1. The second-order valence-corrected chi connectivity index (χ2v) is 5.13. The van der Waals surface area contributed by atoms with Crippen LogP contribution in [0.2, 0.25) is 0 Å². The Kier molecular flexibility index (Phi) is 5.72. The average Bonchev–Trinajstić information content (AvgIpc) is 3.30. The number of carbonyl (C=O) groups is 1. The first-order valence-corrected chi connectivity index (χ1v) is 7.63. The van der Waals surface area contributed by atoms with Crippen molar-refractivity contribution < 1.29 is 14.3 Å². The first-order valence-electron chi connectivity index (χ1n) is 7.63. The standard InChI is InChI=1S/C16H24N2O3/c1-3-20-14-8-7-13(9-15(14)21-4-2)17-11-16(19)18-10-12-5-6-12/h7-9,12,17H,3-6,10-11H2,1-2H3,(H,18,19). The molecule has 0 radical (unpaired) electrons. The first-order chi connectivity index (χ1) is 10.2. The van der Waals surface area contributed by atoms with E-state index in [9.17, 15) is 4.79 Å². The maximum absolute atomic E-state index is 11.7. The van der Waals surface area contributed by atoms with Gasteiger partial charge in [0.2, 0.25) is 5.91 Å². The van der Waals surface area contributed by atoms with Crippen molar-refractivity contribution in [1.29, 1.82) is 0 Å². The second kappa shape index (κ2) is 7.76. The van der Waals surface area contributed by atoms with Gasteiger partial charge >= 0.3 is 0 Å². The number of hydrogen-bond donors (Lipinski definition) is 2. The minimum absolute atomic E-state index is 0.0220. The molecule has 21 heavy (non-hydrogen) atoms. The average molecular weight is 292 g/mol. The molecule has 0 bridgehead atoms. The minimum atomic E-state index is 0.0220. The fraction of sp³-hybridized carbons (Fsp3) is 0.562. The van der Waals surface area contributed by atoms with E-state index in [4.69, 9.17) is 9.47 Å². The molecule has 0 heterocycles. The van der Waals surface area contributed by atoms with E-state index in [1.54, 1.807) is 0 Å². The van der Waals surface area contributed by atoms with Gasteiger partial charge in [-0.3, -0.25) is 4.79 Å². The molecule has 5 nitrogen and oxygen atoms in total. The number of benzene rings is 1. The van der Waals surface area contributed by atoms with Crippen molar-refractivity contribution in [3.63, 3.8) is 0 Å². The summed E-state index contributed by atoms with van der Waals surface area (Å²) >= 11 is 0. The minimum Gasteiger partial charge on any atom is -0.490 e. The van der Waals surface area contributed by atoms with E-state index in [0.717, 1.165) is 18.0 Å². The molecule has 1 aliphatic carbocycles. The van der Waals surface area contributed by atoms with Gasteiger partial charge in [0.15, 0.2) is 11.5 Å². The Bertz CT molecular complexity index is 473. The number of nitrogens with one attached hydrogen (secondary N) is 2. The van der Waals surface area contributed by atoms with Crippen molar-refractivity contribution in [1.82, 2.24) is 5.32 Å². The molecule has 2 N–H and O–H groups in total. The lowest BCUT2D eigenvalue weighted by Crippen LogP contribution is -2.31.